The van der Waals surface area contributed by atoms with Gasteiger partial charge >= 0.3 is 5.97 Å². The normalized spacial score (nSPS) is 32.5. The SMILES string of the molecule is O=C1C2CCC(O2)C(=O)N1CC1(C(=O)O)CCCCC1. The zero-order valence-corrected chi connectivity index (χ0v) is 11.3. The van der Waals surface area contributed by atoms with Gasteiger partial charge in [-0.2, -0.15) is 0 Å². The second kappa shape index (κ2) is 4.84. The summed E-state index contributed by atoms with van der Waals surface area (Å²) in [6, 6.07) is 0. The Kier molecular flexibility index (Phi) is 3.28. The van der Waals surface area contributed by atoms with Gasteiger partial charge in [0.15, 0.2) is 0 Å². The molecule has 2 amide bonds. The van der Waals surface area contributed by atoms with E-state index in [-0.39, 0.29) is 18.4 Å². The van der Waals surface area contributed by atoms with Gasteiger partial charge in [0.05, 0.1) is 5.41 Å². The molecule has 3 fully saturated rings. The van der Waals surface area contributed by atoms with Crippen LogP contribution in [0.3, 0.4) is 0 Å². The first-order valence-electron chi connectivity index (χ1n) is 7.28. The molecule has 1 aliphatic carbocycles. The van der Waals surface area contributed by atoms with E-state index >= 15 is 0 Å². The fraction of sp³-hybridized carbons (Fsp3) is 0.786. The number of carboxylic acids is 1. The number of carbonyl (C=O) groups excluding carboxylic acids is 2. The third kappa shape index (κ3) is 2.02. The van der Waals surface area contributed by atoms with E-state index in [0.29, 0.717) is 25.7 Å². The van der Waals surface area contributed by atoms with Crippen LogP contribution in [-0.2, 0) is 19.1 Å². The summed E-state index contributed by atoms with van der Waals surface area (Å²) in [5.74, 6) is -1.60. The summed E-state index contributed by atoms with van der Waals surface area (Å²) >= 11 is 0. The van der Waals surface area contributed by atoms with Gasteiger partial charge < -0.3 is 9.84 Å². The van der Waals surface area contributed by atoms with Gasteiger partial charge in [-0.05, 0) is 25.7 Å². The minimum atomic E-state index is -0.958. The van der Waals surface area contributed by atoms with Gasteiger partial charge in [0.25, 0.3) is 11.8 Å². The Morgan fingerprint density at radius 2 is 1.70 bits per heavy atom. The highest BCUT2D eigenvalue weighted by molar-refractivity contribution is 6.02. The summed E-state index contributed by atoms with van der Waals surface area (Å²) in [4.78, 5) is 37.3. The van der Waals surface area contributed by atoms with E-state index < -0.39 is 23.6 Å². The Balaban J connectivity index is 1.83. The fourth-order valence-electron chi connectivity index (χ4n) is 3.58. The highest BCUT2D eigenvalue weighted by Gasteiger charge is 2.51. The van der Waals surface area contributed by atoms with Crippen molar-refractivity contribution in [2.75, 3.05) is 6.54 Å². The fourth-order valence-corrected chi connectivity index (χ4v) is 3.58. The zero-order valence-electron chi connectivity index (χ0n) is 11.3. The monoisotopic (exact) mass is 281 g/mol. The molecule has 2 atom stereocenters. The number of carboxylic acid groups (broad SMARTS) is 1. The highest BCUT2D eigenvalue weighted by atomic mass is 16.5. The lowest BCUT2D eigenvalue weighted by Gasteiger charge is -2.39. The van der Waals surface area contributed by atoms with E-state index in [2.05, 4.69) is 0 Å². The maximum atomic E-state index is 12.2. The molecule has 0 aromatic rings. The van der Waals surface area contributed by atoms with E-state index in [1.165, 1.54) is 0 Å². The lowest BCUT2D eigenvalue weighted by molar-refractivity contribution is -0.173. The maximum absolute atomic E-state index is 12.2. The first-order valence-corrected chi connectivity index (χ1v) is 7.28. The summed E-state index contributed by atoms with van der Waals surface area (Å²) in [6.07, 6.45) is 3.80. The number of morpholine rings is 1. The number of ether oxygens (including phenoxy) is 1. The highest BCUT2D eigenvalue weighted by Crippen LogP contribution is 2.39. The second-order valence-corrected chi connectivity index (χ2v) is 6.10. The van der Waals surface area contributed by atoms with Crippen molar-refractivity contribution in [3.8, 4) is 0 Å². The molecule has 6 nitrogen and oxygen atoms in total. The van der Waals surface area contributed by atoms with Gasteiger partial charge in [-0.15, -0.1) is 0 Å². The summed E-state index contributed by atoms with van der Waals surface area (Å²) < 4.78 is 5.35. The van der Waals surface area contributed by atoms with Gasteiger partial charge in [0, 0.05) is 6.54 Å². The molecule has 3 aliphatic rings. The van der Waals surface area contributed by atoms with Crippen LogP contribution in [0.5, 0.6) is 0 Å². The van der Waals surface area contributed by atoms with E-state index in [9.17, 15) is 19.5 Å². The summed E-state index contributed by atoms with van der Waals surface area (Å²) in [7, 11) is 0. The molecular formula is C14H19NO5. The van der Waals surface area contributed by atoms with Crippen LogP contribution < -0.4 is 0 Å². The number of rotatable bonds is 3. The number of amides is 2. The molecule has 0 aromatic heterocycles. The largest absolute Gasteiger partial charge is 0.481 e. The Morgan fingerprint density at radius 1 is 1.15 bits per heavy atom. The smallest absolute Gasteiger partial charge is 0.311 e. The minimum Gasteiger partial charge on any atom is -0.481 e. The van der Waals surface area contributed by atoms with Crippen LogP contribution in [0.1, 0.15) is 44.9 Å². The Morgan fingerprint density at radius 3 is 2.20 bits per heavy atom. The van der Waals surface area contributed by atoms with Crippen LogP contribution in [-0.4, -0.2) is 46.5 Å². The number of aliphatic carboxylic acids is 1. The van der Waals surface area contributed by atoms with Gasteiger partial charge in [0.2, 0.25) is 0 Å². The minimum absolute atomic E-state index is 0.0103. The van der Waals surface area contributed by atoms with Crippen molar-refractivity contribution in [2.24, 2.45) is 5.41 Å². The Hall–Kier alpha value is -1.43. The molecule has 2 unspecified atom stereocenters. The molecule has 3 rings (SSSR count). The van der Waals surface area contributed by atoms with Gasteiger partial charge in [-0.25, -0.2) is 0 Å². The van der Waals surface area contributed by atoms with Crippen molar-refractivity contribution in [1.82, 2.24) is 4.90 Å². The van der Waals surface area contributed by atoms with Crippen molar-refractivity contribution in [3.63, 3.8) is 0 Å². The molecule has 110 valence electrons. The van der Waals surface area contributed by atoms with Gasteiger partial charge in [-0.1, -0.05) is 19.3 Å². The molecule has 6 heteroatoms. The van der Waals surface area contributed by atoms with E-state index in [0.717, 1.165) is 24.2 Å². The standard InChI is InChI=1S/C14H19NO5/c16-11-9-4-5-10(20-9)12(17)15(11)8-14(13(18)19)6-2-1-3-7-14/h9-10H,1-8H2,(H,18,19). The second-order valence-electron chi connectivity index (χ2n) is 6.10. The van der Waals surface area contributed by atoms with Crippen LogP contribution in [0.15, 0.2) is 0 Å². The molecule has 2 bridgehead atoms. The van der Waals surface area contributed by atoms with Crippen molar-refractivity contribution >= 4 is 17.8 Å². The molecule has 2 heterocycles. The third-order valence-corrected chi connectivity index (χ3v) is 4.83. The van der Waals surface area contributed by atoms with E-state index in [1.807, 2.05) is 0 Å². The molecule has 1 saturated carbocycles. The maximum Gasteiger partial charge on any atom is 0.311 e. The number of hydrogen-bond donors (Lipinski definition) is 1. The molecule has 2 saturated heterocycles. The van der Waals surface area contributed by atoms with Crippen molar-refractivity contribution in [2.45, 2.75) is 57.2 Å². The van der Waals surface area contributed by atoms with Crippen LogP contribution >= 0.6 is 0 Å². The molecule has 1 N–H and O–H groups in total. The van der Waals surface area contributed by atoms with Gasteiger partial charge in [0.1, 0.15) is 12.2 Å². The van der Waals surface area contributed by atoms with Crippen LogP contribution in [0.25, 0.3) is 0 Å². The predicted molar refractivity (Wildman–Crippen MR) is 67.8 cm³/mol. The van der Waals surface area contributed by atoms with Crippen molar-refractivity contribution in [1.29, 1.82) is 0 Å². The molecule has 20 heavy (non-hydrogen) atoms. The number of likely N-dealkylation sites (tertiary alicyclic amines) is 1. The Labute approximate surface area is 117 Å². The van der Waals surface area contributed by atoms with Crippen molar-refractivity contribution < 1.29 is 24.2 Å². The predicted octanol–water partition coefficient (Wildman–Crippen LogP) is 0.938. The lowest BCUT2D eigenvalue weighted by Crippen LogP contribution is -2.56. The van der Waals surface area contributed by atoms with Crippen molar-refractivity contribution in [3.05, 3.63) is 0 Å². The quantitative estimate of drug-likeness (QED) is 0.778. The number of carbonyl (C=O) groups is 3. The first kappa shape index (κ1) is 13.5. The molecule has 0 radical (unpaired) electrons. The van der Waals surface area contributed by atoms with E-state index in [1.54, 1.807) is 0 Å². The number of imide groups is 1. The molecule has 2 aliphatic heterocycles. The summed E-state index contributed by atoms with van der Waals surface area (Å²) in [5.41, 5.74) is -0.958. The lowest BCUT2D eigenvalue weighted by atomic mass is 9.73. The Bertz CT molecular complexity index is 432. The number of nitrogens with zero attached hydrogens (tertiary/aromatic N) is 1. The van der Waals surface area contributed by atoms with E-state index in [4.69, 9.17) is 4.74 Å². The zero-order chi connectivity index (χ0) is 14.3. The third-order valence-electron chi connectivity index (χ3n) is 4.83. The average Bonchev–Trinajstić information content (AvgIpc) is 2.90. The summed E-state index contributed by atoms with van der Waals surface area (Å²) in [5, 5.41) is 9.56. The van der Waals surface area contributed by atoms with Gasteiger partial charge in [-0.3, -0.25) is 19.3 Å². The topological polar surface area (TPSA) is 83.9 Å². The molecular weight excluding hydrogens is 262 g/mol. The summed E-state index contributed by atoms with van der Waals surface area (Å²) in [6.45, 7) is 0.0103. The van der Waals surface area contributed by atoms with Crippen LogP contribution in [0.2, 0.25) is 0 Å². The molecule has 0 spiro atoms. The number of fused-ring (bicyclic) bond motifs is 2. The van der Waals surface area contributed by atoms with Crippen LogP contribution in [0, 0.1) is 5.41 Å². The first-order chi connectivity index (χ1) is 9.53. The molecule has 0 aromatic carbocycles. The number of hydrogen-bond acceptors (Lipinski definition) is 4. The van der Waals surface area contributed by atoms with Crippen LogP contribution in [0.4, 0.5) is 0 Å². The average molecular weight is 281 g/mol.